The monoisotopic (exact) mass is 478 g/mol. The van der Waals surface area contributed by atoms with Crippen LogP contribution in [0.25, 0.3) is 11.1 Å². The van der Waals surface area contributed by atoms with Gasteiger partial charge >= 0.3 is 12.1 Å². The number of ether oxygens (including phenoxy) is 1. The molecule has 0 saturated carbocycles. The second-order valence-corrected chi connectivity index (χ2v) is 8.71. The quantitative estimate of drug-likeness (QED) is 0.464. The van der Waals surface area contributed by atoms with E-state index >= 15 is 0 Å². The van der Waals surface area contributed by atoms with E-state index in [9.17, 15) is 24.2 Å². The number of nitrogens with zero attached hydrogens (tertiary/aromatic N) is 2. The Bertz CT molecular complexity index is 1200. The molecule has 1 aliphatic rings. The van der Waals surface area contributed by atoms with Gasteiger partial charge in [0.05, 0.1) is 11.6 Å². The Kier molecular flexibility index (Phi) is 7.12. The first-order valence-corrected chi connectivity index (χ1v) is 11.5. The average Bonchev–Trinajstić information content (AvgIpc) is 2.87. The van der Waals surface area contributed by atoms with E-state index in [1.807, 2.05) is 31.2 Å². The van der Waals surface area contributed by atoms with Gasteiger partial charge in [0.25, 0.3) is 0 Å². The molecule has 182 valence electrons. The van der Waals surface area contributed by atoms with Crippen LogP contribution in [0.3, 0.4) is 0 Å². The fourth-order valence-corrected chi connectivity index (χ4v) is 4.51. The number of aromatic carboxylic acids is 1. The zero-order chi connectivity index (χ0) is 25.0. The minimum Gasteiger partial charge on any atom is -0.478 e. The van der Waals surface area contributed by atoms with E-state index in [1.54, 1.807) is 29.3 Å². The van der Waals surface area contributed by atoms with Crippen LogP contribution in [0.5, 0.6) is 0 Å². The van der Waals surface area contributed by atoms with E-state index in [-0.39, 0.29) is 24.0 Å². The molecule has 1 saturated heterocycles. The van der Waals surface area contributed by atoms with Gasteiger partial charge in [-0.15, -0.1) is 0 Å². The zero-order valence-electron chi connectivity index (χ0n) is 19.4. The van der Waals surface area contributed by atoms with Crippen molar-refractivity contribution in [3.8, 4) is 11.1 Å². The number of cyclic esters (lactones) is 1. The summed E-state index contributed by atoms with van der Waals surface area (Å²) in [5, 5.41) is 18.6. The Balaban J connectivity index is 1.51. The highest BCUT2D eigenvalue weighted by atomic mass is 19.1. The van der Waals surface area contributed by atoms with Crippen molar-refractivity contribution in [2.45, 2.75) is 37.8 Å². The Morgan fingerprint density at radius 2 is 1.86 bits per heavy atom. The third-order valence-electron chi connectivity index (χ3n) is 6.56. The first-order chi connectivity index (χ1) is 16.8. The third kappa shape index (κ3) is 5.17. The summed E-state index contributed by atoms with van der Waals surface area (Å²) in [5.74, 6) is -1.40. The van der Waals surface area contributed by atoms with Gasteiger partial charge in [-0.05, 0) is 54.7 Å². The standard InChI is InChI=1S/C27H27FN2O5/c1-18(19-3-5-20(6-4-19)21-15-22(25(32)33)17-29-16-21)30-13-12-27(11-2-14-31,35-26(30)34)23-7-9-24(28)10-8-23/h3-10,15-18,31H,2,11-14H2,1H3,(H,32,33). The highest BCUT2D eigenvalue weighted by Gasteiger charge is 2.43. The molecule has 35 heavy (non-hydrogen) atoms. The molecule has 1 aliphatic heterocycles. The van der Waals surface area contributed by atoms with E-state index in [0.717, 1.165) is 16.7 Å². The topological polar surface area (TPSA) is 100.0 Å². The van der Waals surface area contributed by atoms with E-state index in [1.165, 1.54) is 18.3 Å². The lowest BCUT2D eigenvalue weighted by Gasteiger charge is -2.43. The highest BCUT2D eigenvalue weighted by Crippen LogP contribution is 2.40. The molecule has 0 radical (unpaired) electrons. The fourth-order valence-electron chi connectivity index (χ4n) is 4.51. The number of benzene rings is 2. The van der Waals surface area contributed by atoms with Gasteiger partial charge < -0.3 is 19.8 Å². The smallest absolute Gasteiger partial charge is 0.411 e. The van der Waals surface area contributed by atoms with Crippen LogP contribution in [0.2, 0.25) is 0 Å². The predicted octanol–water partition coefficient (Wildman–Crippen LogP) is 5.16. The van der Waals surface area contributed by atoms with Crippen molar-refractivity contribution >= 4 is 12.1 Å². The third-order valence-corrected chi connectivity index (χ3v) is 6.56. The molecule has 1 fully saturated rings. The van der Waals surface area contributed by atoms with Crippen LogP contribution in [-0.4, -0.2) is 45.3 Å². The number of halogens is 1. The van der Waals surface area contributed by atoms with Crippen molar-refractivity contribution < 1.29 is 28.9 Å². The summed E-state index contributed by atoms with van der Waals surface area (Å²) in [6.45, 7) is 2.33. The lowest BCUT2D eigenvalue weighted by atomic mass is 9.84. The second kappa shape index (κ2) is 10.2. The maximum atomic E-state index is 13.5. The van der Waals surface area contributed by atoms with Gasteiger partial charge in [-0.3, -0.25) is 4.98 Å². The molecule has 1 aromatic heterocycles. The molecule has 2 heterocycles. The van der Waals surface area contributed by atoms with Gasteiger partial charge in [0, 0.05) is 37.5 Å². The number of carbonyl (C=O) groups excluding carboxylic acids is 1. The molecule has 2 N–H and O–H groups in total. The summed E-state index contributed by atoms with van der Waals surface area (Å²) in [6.07, 6.45) is 3.86. The molecule has 8 heteroatoms. The number of rotatable bonds is 8. The number of pyridine rings is 1. The van der Waals surface area contributed by atoms with E-state index < -0.39 is 17.7 Å². The van der Waals surface area contributed by atoms with Crippen LogP contribution in [-0.2, 0) is 10.3 Å². The highest BCUT2D eigenvalue weighted by molar-refractivity contribution is 5.88. The van der Waals surface area contributed by atoms with Crippen molar-refractivity contribution in [1.29, 1.82) is 0 Å². The lowest BCUT2D eigenvalue weighted by molar-refractivity contribution is -0.0680. The van der Waals surface area contributed by atoms with Gasteiger partial charge in [-0.2, -0.15) is 0 Å². The van der Waals surface area contributed by atoms with Crippen LogP contribution in [0.4, 0.5) is 9.18 Å². The molecule has 0 aliphatic carbocycles. The number of carbonyl (C=O) groups is 2. The van der Waals surface area contributed by atoms with Crippen molar-refractivity contribution in [1.82, 2.24) is 9.88 Å². The maximum Gasteiger partial charge on any atom is 0.411 e. The molecule has 7 nitrogen and oxygen atoms in total. The minimum absolute atomic E-state index is 0.0299. The number of hydrogen-bond donors (Lipinski definition) is 2. The molecule has 4 rings (SSSR count). The summed E-state index contributed by atoms with van der Waals surface area (Å²) in [6, 6.07) is 14.8. The lowest BCUT2D eigenvalue weighted by Crippen LogP contribution is -2.48. The summed E-state index contributed by atoms with van der Waals surface area (Å²) >= 11 is 0. The zero-order valence-corrected chi connectivity index (χ0v) is 19.4. The van der Waals surface area contributed by atoms with Crippen molar-refractivity contribution in [3.05, 3.63) is 89.5 Å². The SMILES string of the molecule is CC(c1ccc(-c2cncc(C(=O)O)c2)cc1)N1CCC(CCCO)(c2ccc(F)cc2)OC1=O. The van der Waals surface area contributed by atoms with Crippen LogP contribution in [0.1, 0.15) is 53.7 Å². The number of carboxylic acid groups (broad SMARTS) is 1. The van der Waals surface area contributed by atoms with Gasteiger partial charge in [0.1, 0.15) is 11.4 Å². The van der Waals surface area contributed by atoms with Crippen molar-refractivity contribution in [2.75, 3.05) is 13.2 Å². The molecule has 0 bridgehead atoms. The Morgan fingerprint density at radius 3 is 2.49 bits per heavy atom. The van der Waals surface area contributed by atoms with E-state index in [0.29, 0.717) is 31.4 Å². The van der Waals surface area contributed by atoms with Gasteiger partial charge in [0.15, 0.2) is 0 Å². The Morgan fingerprint density at radius 1 is 1.14 bits per heavy atom. The van der Waals surface area contributed by atoms with E-state index in [4.69, 9.17) is 4.74 Å². The van der Waals surface area contributed by atoms with Gasteiger partial charge in [-0.1, -0.05) is 36.4 Å². The first kappa shape index (κ1) is 24.3. The number of carboxylic acids is 1. The summed E-state index contributed by atoms with van der Waals surface area (Å²) < 4.78 is 19.4. The van der Waals surface area contributed by atoms with Crippen LogP contribution in [0.15, 0.2) is 67.0 Å². The van der Waals surface area contributed by atoms with Crippen LogP contribution in [0, 0.1) is 5.82 Å². The number of aliphatic hydroxyl groups is 1. The van der Waals surface area contributed by atoms with E-state index in [2.05, 4.69) is 4.98 Å². The Hall–Kier alpha value is -3.78. The van der Waals surface area contributed by atoms with Gasteiger partial charge in [0.2, 0.25) is 0 Å². The number of hydrogen-bond acceptors (Lipinski definition) is 5. The predicted molar refractivity (Wildman–Crippen MR) is 127 cm³/mol. The van der Waals surface area contributed by atoms with Gasteiger partial charge in [-0.25, -0.2) is 14.0 Å². The Labute approximate surface area is 202 Å². The van der Waals surface area contributed by atoms with Crippen molar-refractivity contribution in [3.63, 3.8) is 0 Å². The first-order valence-electron chi connectivity index (χ1n) is 11.5. The summed E-state index contributed by atoms with van der Waals surface area (Å²) in [7, 11) is 0. The normalized spacial score (nSPS) is 18.7. The molecular formula is C27H27FN2O5. The second-order valence-electron chi connectivity index (χ2n) is 8.71. The van der Waals surface area contributed by atoms with Crippen LogP contribution >= 0.6 is 0 Å². The molecule has 2 aromatic carbocycles. The molecule has 0 spiro atoms. The molecule has 1 amide bonds. The number of aromatic nitrogens is 1. The minimum atomic E-state index is -1.04. The average molecular weight is 479 g/mol. The summed E-state index contributed by atoms with van der Waals surface area (Å²) in [4.78, 5) is 30.0. The molecule has 3 aromatic rings. The largest absolute Gasteiger partial charge is 0.478 e. The van der Waals surface area contributed by atoms with Crippen molar-refractivity contribution in [2.24, 2.45) is 0 Å². The number of aliphatic hydroxyl groups excluding tert-OH is 1. The fraction of sp³-hybridized carbons (Fsp3) is 0.296. The summed E-state index contributed by atoms with van der Waals surface area (Å²) in [5.41, 5.74) is 2.33. The maximum absolute atomic E-state index is 13.5. The molecular weight excluding hydrogens is 451 g/mol. The number of amides is 1. The molecule has 2 atom stereocenters. The van der Waals surface area contributed by atoms with Crippen LogP contribution < -0.4 is 0 Å². The molecule has 2 unspecified atom stereocenters.